The van der Waals surface area contributed by atoms with E-state index in [2.05, 4.69) is 30.8 Å². The lowest BCUT2D eigenvalue weighted by Crippen LogP contribution is -2.50. The van der Waals surface area contributed by atoms with Crippen molar-refractivity contribution in [1.29, 1.82) is 0 Å². The second-order valence-electron chi connectivity index (χ2n) is 6.27. The quantitative estimate of drug-likeness (QED) is 0.770. The molecule has 4 nitrogen and oxygen atoms in total. The fourth-order valence-corrected chi connectivity index (χ4v) is 2.43. The second-order valence-corrected chi connectivity index (χ2v) is 8.61. The summed E-state index contributed by atoms with van der Waals surface area (Å²) in [5, 5.41) is 3.29. The molecule has 0 aliphatic heterocycles. The Morgan fingerprint density at radius 1 is 1.12 bits per heavy atom. The smallest absolute Gasteiger partial charge is 0.217 e. The lowest BCUT2D eigenvalue weighted by Gasteiger charge is -2.28. The van der Waals surface area contributed by atoms with Crippen LogP contribution in [-0.4, -0.2) is 31.3 Å². The maximum absolute atomic E-state index is 12.1. The van der Waals surface area contributed by atoms with Gasteiger partial charge in [0, 0.05) is 18.1 Å². The summed E-state index contributed by atoms with van der Waals surface area (Å²) in [6.07, 6.45) is 0.599. The van der Waals surface area contributed by atoms with E-state index in [1.807, 2.05) is 13.8 Å². The van der Waals surface area contributed by atoms with Gasteiger partial charge in [-0.3, -0.25) is 0 Å². The maximum atomic E-state index is 12.1. The minimum absolute atomic E-state index is 0.0000237. The Kier molecular flexibility index (Phi) is 5.63. The Morgan fingerprint density at radius 2 is 1.59 bits per heavy atom. The second kappa shape index (κ2) is 5.67. The first-order chi connectivity index (χ1) is 7.41. The molecule has 17 heavy (non-hydrogen) atoms. The summed E-state index contributed by atoms with van der Waals surface area (Å²) in [6.45, 7) is 14.1. The van der Waals surface area contributed by atoms with Crippen molar-refractivity contribution in [1.82, 2.24) is 10.0 Å². The van der Waals surface area contributed by atoms with Gasteiger partial charge in [-0.2, -0.15) is 0 Å². The molecular weight excluding hydrogens is 236 g/mol. The third-order valence-electron chi connectivity index (χ3n) is 2.87. The minimum Gasteiger partial charge on any atom is -0.310 e. The average molecular weight is 264 g/mol. The van der Waals surface area contributed by atoms with E-state index in [1.54, 1.807) is 13.8 Å². The Bertz CT molecular complexity index is 329. The number of hydrogen-bond donors (Lipinski definition) is 2. The van der Waals surface area contributed by atoms with E-state index in [0.717, 1.165) is 0 Å². The number of hydrogen-bond acceptors (Lipinski definition) is 3. The number of rotatable bonds is 6. The molecule has 0 aromatic carbocycles. The van der Waals surface area contributed by atoms with Crippen molar-refractivity contribution in [3.05, 3.63) is 0 Å². The predicted octanol–water partition coefficient (Wildman–Crippen LogP) is 1.87. The molecule has 0 heterocycles. The summed E-state index contributed by atoms with van der Waals surface area (Å²) >= 11 is 0. The molecule has 1 unspecified atom stereocenters. The third kappa shape index (κ3) is 5.84. The molecule has 0 amide bonds. The summed E-state index contributed by atoms with van der Waals surface area (Å²) < 4.78 is 26.2. The lowest BCUT2D eigenvalue weighted by molar-refractivity contribution is 0.400. The van der Waals surface area contributed by atoms with Crippen LogP contribution in [0.2, 0.25) is 0 Å². The molecule has 0 aliphatic carbocycles. The number of nitrogens with one attached hydrogen (secondary N) is 2. The van der Waals surface area contributed by atoms with Crippen molar-refractivity contribution in [3.63, 3.8) is 0 Å². The maximum Gasteiger partial charge on any atom is 0.217 e. The fraction of sp³-hybridized carbons (Fsp3) is 1.00. The van der Waals surface area contributed by atoms with Gasteiger partial charge in [-0.25, -0.2) is 13.1 Å². The van der Waals surface area contributed by atoms with E-state index < -0.39 is 14.8 Å². The van der Waals surface area contributed by atoms with Gasteiger partial charge >= 0.3 is 0 Å². The molecule has 0 bridgehead atoms. The van der Waals surface area contributed by atoms with Gasteiger partial charge in [0.1, 0.15) is 0 Å². The molecule has 0 rings (SSSR count). The van der Waals surface area contributed by atoms with E-state index in [1.165, 1.54) is 0 Å². The van der Waals surface area contributed by atoms with Crippen LogP contribution in [0.15, 0.2) is 0 Å². The van der Waals surface area contributed by atoms with Crippen molar-refractivity contribution >= 4 is 10.0 Å². The molecule has 0 spiro atoms. The molecule has 0 aliphatic rings. The van der Waals surface area contributed by atoms with Crippen LogP contribution in [0.1, 0.15) is 54.9 Å². The van der Waals surface area contributed by atoms with E-state index >= 15 is 0 Å². The molecule has 0 aromatic heterocycles. The van der Waals surface area contributed by atoms with Crippen LogP contribution < -0.4 is 10.0 Å². The molecule has 0 saturated carbocycles. The van der Waals surface area contributed by atoms with Gasteiger partial charge in [-0.05, 0) is 48.0 Å². The highest BCUT2D eigenvalue weighted by atomic mass is 32.2. The number of sulfonamides is 1. The van der Waals surface area contributed by atoms with Crippen molar-refractivity contribution in [2.75, 3.05) is 6.54 Å². The average Bonchev–Trinajstić information content (AvgIpc) is 2.12. The molecule has 0 radical (unpaired) electrons. The topological polar surface area (TPSA) is 58.2 Å². The van der Waals surface area contributed by atoms with Crippen LogP contribution in [0.25, 0.3) is 0 Å². The van der Waals surface area contributed by atoms with Crippen LogP contribution in [0.4, 0.5) is 0 Å². The molecular formula is C12H28N2O2S. The largest absolute Gasteiger partial charge is 0.310 e. The highest BCUT2D eigenvalue weighted by Gasteiger charge is 2.33. The molecule has 104 valence electrons. The van der Waals surface area contributed by atoms with Gasteiger partial charge < -0.3 is 5.32 Å². The fourth-order valence-electron chi connectivity index (χ4n) is 1.12. The zero-order valence-corrected chi connectivity index (χ0v) is 13.0. The highest BCUT2D eigenvalue weighted by molar-refractivity contribution is 7.90. The standard InChI is InChI=1S/C12H28N2O2S/c1-8-12(6,7)17(15,16)14-10(2)9-13-11(3,4)5/h10,13-14H,8-9H2,1-7H3. The first-order valence-corrected chi connectivity index (χ1v) is 7.66. The Morgan fingerprint density at radius 3 is 1.94 bits per heavy atom. The van der Waals surface area contributed by atoms with E-state index in [-0.39, 0.29) is 11.6 Å². The summed E-state index contributed by atoms with van der Waals surface area (Å²) in [4.78, 5) is 0. The molecule has 2 N–H and O–H groups in total. The molecule has 1 atom stereocenters. The lowest BCUT2D eigenvalue weighted by atomic mass is 10.1. The highest BCUT2D eigenvalue weighted by Crippen LogP contribution is 2.19. The zero-order chi connectivity index (χ0) is 13.9. The van der Waals surface area contributed by atoms with Gasteiger partial charge in [-0.15, -0.1) is 0 Å². The van der Waals surface area contributed by atoms with Crippen LogP contribution >= 0.6 is 0 Å². The van der Waals surface area contributed by atoms with Gasteiger partial charge in [0.15, 0.2) is 0 Å². The van der Waals surface area contributed by atoms with Gasteiger partial charge in [0.2, 0.25) is 10.0 Å². The molecule has 0 fully saturated rings. The van der Waals surface area contributed by atoms with Crippen molar-refractivity contribution in [2.45, 2.75) is 71.2 Å². The zero-order valence-electron chi connectivity index (χ0n) is 12.2. The first kappa shape index (κ1) is 16.9. The van der Waals surface area contributed by atoms with Gasteiger partial charge in [0.25, 0.3) is 0 Å². The van der Waals surface area contributed by atoms with Crippen molar-refractivity contribution in [2.24, 2.45) is 0 Å². The van der Waals surface area contributed by atoms with Crippen LogP contribution in [-0.2, 0) is 10.0 Å². The van der Waals surface area contributed by atoms with Crippen molar-refractivity contribution in [3.8, 4) is 0 Å². The van der Waals surface area contributed by atoms with E-state index in [9.17, 15) is 8.42 Å². The summed E-state index contributed by atoms with van der Waals surface area (Å²) in [5.41, 5.74) is -0.0000237. The summed E-state index contributed by atoms with van der Waals surface area (Å²) in [5.74, 6) is 0. The van der Waals surface area contributed by atoms with E-state index in [0.29, 0.717) is 13.0 Å². The van der Waals surface area contributed by atoms with Gasteiger partial charge in [-0.1, -0.05) is 6.92 Å². The predicted molar refractivity (Wildman–Crippen MR) is 73.6 cm³/mol. The minimum atomic E-state index is -3.27. The summed E-state index contributed by atoms with van der Waals surface area (Å²) in [6, 6.07) is -0.106. The van der Waals surface area contributed by atoms with Crippen LogP contribution in [0, 0.1) is 0 Å². The first-order valence-electron chi connectivity index (χ1n) is 6.18. The molecule has 5 heteroatoms. The third-order valence-corrected chi connectivity index (χ3v) is 5.33. The Balaban J connectivity index is 4.44. The SMILES string of the molecule is CCC(C)(C)S(=O)(=O)NC(C)CNC(C)(C)C. The van der Waals surface area contributed by atoms with Crippen molar-refractivity contribution < 1.29 is 8.42 Å². The van der Waals surface area contributed by atoms with E-state index in [4.69, 9.17) is 0 Å². The molecule has 0 saturated heterocycles. The van der Waals surface area contributed by atoms with Crippen LogP contribution in [0.5, 0.6) is 0 Å². The van der Waals surface area contributed by atoms with Crippen LogP contribution in [0.3, 0.4) is 0 Å². The monoisotopic (exact) mass is 264 g/mol. The Hall–Kier alpha value is -0.130. The normalized spacial score (nSPS) is 15.9. The molecule has 0 aromatic rings. The summed E-state index contributed by atoms with van der Waals surface area (Å²) in [7, 11) is -3.27. The van der Waals surface area contributed by atoms with Gasteiger partial charge in [0.05, 0.1) is 4.75 Å². The Labute approximate surface area is 107 Å².